The van der Waals surface area contributed by atoms with Crippen LogP contribution in [0.15, 0.2) is 77.7 Å². The number of sulfonamides is 1. The molecule has 3 aromatic carbocycles. The standard InChI is InChI=1S/C31H39N3O5S/c1-7-24(4)32-31(36)25(5)33(20-26-11-8-10-23(3)18-26)30(35)21-34(27-12-9-13-28(19-27)39-6)40(37,38)29-16-14-22(2)15-17-29/h8-19,24-25H,7,20-21H2,1-6H3,(H,32,36)/t24-,25+/m0/s1. The largest absolute Gasteiger partial charge is 0.497 e. The molecule has 0 unspecified atom stereocenters. The van der Waals surface area contributed by atoms with Crippen LogP contribution in [0.3, 0.4) is 0 Å². The Morgan fingerprint density at radius 3 is 2.23 bits per heavy atom. The first-order chi connectivity index (χ1) is 19.0. The maximum Gasteiger partial charge on any atom is 0.264 e. The molecule has 0 aliphatic carbocycles. The number of nitrogens with one attached hydrogen (secondary N) is 1. The summed E-state index contributed by atoms with van der Waals surface area (Å²) in [5.74, 6) is -0.358. The fourth-order valence-corrected chi connectivity index (χ4v) is 5.59. The molecule has 1 N–H and O–H groups in total. The van der Waals surface area contributed by atoms with Crippen LogP contribution in [-0.2, 0) is 26.2 Å². The van der Waals surface area contributed by atoms with Crippen molar-refractivity contribution in [3.8, 4) is 5.75 Å². The average molecular weight is 566 g/mol. The SMILES string of the molecule is CC[C@H](C)NC(=O)[C@@H](C)N(Cc1cccc(C)c1)C(=O)CN(c1cccc(OC)c1)S(=O)(=O)c1ccc(C)cc1. The third kappa shape index (κ3) is 7.63. The van der Waals surface area contributed by atoms with Crippen LogP contribution in [0.2, 0.25) is 0 Å². The van der Waals surface area contributed by atoms with Crippen LogP contribution < -0.4 is 14.4 Å². The molecule has 0 aliphatic rings. The maximum atomic E-state index is 14.0. The van der Waals surface area contributed by atoms with Gasteiger partial charge in [0.2, 0.25) is 11.8 Å². The van der Waals surface area contributed by atoms with Crippen molar-refractivity contribution in [3.05, 3.63) is 89.5 Å². The molecule has 0 radical (unpaired) electrons. The topological polar surface area (TPSA) is 96.0 Å². The molecule has 2 atom stereocenters. The Hall–Kier alpha value is -3.85. The minimum absolute atomic E-state index is 0.0570. The Kier molecular flexibility index (Phi) is 10.3. The molecule has 0 aliphatic heterocycles. The molecule has 214 valence electrons. The molecule has 0 spiro atoms. The average Bonchev–Trinajstić information content (AvgIpc) is 2.94. The molecule has 9 heteroatoms. The van der Waals surface area contributed by atoms with Crippen molar-refractivity contribution in [1.82, 2.24) is 10.2 Å². The number of hydrogen-bond donors (Lipinski definition) is 1. The summed E-state index contributed by atoms with van der Waals surface area (Å²) < 4.78 is 34.3. The number of aryl methyl sites for hydroxylation is 2. The van der Waals surface area contributed by atoms with Crippen molar-refractivity contribution in [2.75, 3.05) is 18.0 Å². The Balaban J connectivity index is 2.05. The molecule has 0 fully saturated rings. The van der Waals surface area contributed by atoms with Crippen LogP contribution in [0.25, 0.3) is 0 Å². The summed E-state index contributed by atoms with van der Waals surface area (Å²) in [6.45, 7) is 8.99. The van der Waals surface area contributed by atoms with Crippen molar-refractivity contribution < 1.29 is 22.7 Å². The van der Waals surface area contributed by atoms with Gasteiger partial charge in [0, 0.05) is 18.7 Å². The van der Waals surface area contributed by atoms with Crippen LogP contribution in [0.4, 0.5) is 5.69 Å². The molecular weight excluding hydrogens is 526 g/mol. The van der Waals surface area contributed by atoms with Gasteiger partial charge < -0.3 is 15.0 Å². The summed E-state index contributed by atoms with van der Waals surface area (Å²) in [4.78, 5) is 28.7. The van der Waals surface area contributed by atoms with Gasteiger partial charge in [-0.1, -0.05) is 60.5 Å². The Morgan fingerprint density at radius 1 is 0.925 bits per heavy atom. The van der Waals surface area contributed by atoms with E-state index in [0.717, 1.165) is 27.4 Å². The fourth-order valence-electron chi connectivity index (χ4n) is 4.19. The summed E-state index contributed by atoms with van der Waals surface area (Å²) >= 11 is 0. The number of carbonyl (C=O) groups excluding carboxylic acids is 2. The molecule has 0 aromatic heterocycles. The number of carbonyl (C=O) groups is 2. The molecule has 0 bridgehead atoms. The Labute approximate surface area is 238 Å². The zero-order chi connectivity index (χ0) is 29.4. The van der Waals surface area contributed by atoms with E-state index in [1.54, 1.807) is 43.3 Å². The number of rotatable bonds is 12. The number of benzene rings is 3. The van der Waals surface area contributed by atoms with E-state index in [9.17, 15) is 18.0 Å². The van der Waals surface area contributed by atoms with Crippen LogP contribution in [0.1, 0.15) is 43.9 Å². The van der Waals surface area contributed by atoms with E-state index in [1.807, 2.05) is 52.0 Å². The molecule has 0 saturated heterocycles. The lowest BCUT2D eigenvalue weighted by atomic mass is 10.1. The molecule has 3 rings (SSSR count). The van der Waals surface area contributed by atoms with Gasteiger partial charge in [0.15, 0.2) is 0 Å². The summed E-state index contributed by atoms with van der Waals surface area (Å²) in [7, 11) is -2.65. The number of ether oxygens (including phenoxy) is 1. The van der Waals surface area contributed by atoms with E-state index in [0.29, 0.717) is 5.75 Å². The van der Waals surface area contributed by atoms with Crippen molar-refractivity contribution in [2.45, 2.75) is 64.6 Å². The summed E-state index contributed by atoms with van der Waals surface area (Å²) in [5.41, 5.74) is 3.04. The zero-order valence-corrected chi connectivity index (χ0v) is 24.9. The first-order valence-electron chi connectivity index (χ1n) is 13.3. The molecule has 0 saturated carbocycles. The van der Waals surface area contributed by atoms with Gasteiger partial charge in [-0.15, -0.1) is 0 Å². The van der Waals surface area contributed by atoms with E-state index in [1.165, 1.54) is 24.1 Å². The first-order valence-corrected chi connectivity index (χ1v) is 14.8. The lowest BCUT2D eigenvalue weighted by molar-refractivity contribution is -0.139. The van der Waals surface area contributed by atoms with Gasteiger partial charge in [0.25, 0.3) is 10.0 Å². The van der Waals surface area contributed by atoms with Crippen molar-refractivity contribution in [2.24, 2.45) is 0 Å². The van der Waals surface area contributed by atoms with Crippen molar-refractivity contribution >= 4 is 27.5 Å². The Bertz CT molecular complexity index is 1420. The number of amides is 2. The van der Waals surface area contributed by atoms with Gasteiger partial charge in [0.1, 0.15) is 18.3 Å². The lowest BCUT2D eigenvalue weighted by Gasteiger charge is -2.32. The van der Waals surface area contributed by atoms with Crippen LogP contribution >= 0.6 is 0 Å². The predicted octanol–water partition coefficient (Wildman–Crippen LogP) is 4.84. The molecule has 2 amide bonds. The fraction of sp³-hybridized carbons (Fsp3) is 0.355. The lowest BCUT2D eigenvalue weighted by Crippen LogP contribution is -2.52. The molecular formula is C31H39N3O5S. The highest BCUT2D eigenvalue weighted by molar-refractivity contribution is 7.92. The number of anilines is 1. The summed E-state index contributed by atoms with van der Waals surface area (Å²) in [6, 6.07) is 19.8. The monoisotopic (exact) mass is 565 g/mol. The number of methoxy groups -OCH3 is 1. The van der Waals surface area contributed by atoms with Crippen molar-refractivity contribution in [3.63, 3.8) is 0 Å². The Morgan fingerprint density at radius 2 is 1.60 bits per heavy atom. The van der Waals surface area contributed by atoms with E-state index in [2.05, 4.69) is 5.32 Å². The van der Waals surface area contributed by atoms with Crippen LogP contribution in [0, 0.1) is 13.8 Å². The maximum absolute atomic E-state index is 14.0. The van der Waals surface area contributed by atoms with Crippen LogP contribution in [0.5, 0.6) is 5.75 Å². The highest BCUT2D eigenvalue weighted by atomic mass is 32.2. The second kappa shape index (κ2) is 13.5. The first kappa shape index (κ1) is 30.7. The second-order valence-electron chi connectivity index (χ2n) is 10.0. The number of nitrogens with zero attached hydrogens (tertiary/aromatic N) is 2. The smallest absolute Gasteiger partial charge is 0.264 e. The third-order valence-electron chi connectivity index (χ3n) is 6.83. The van der Waals surface area contributed by atoms with Gasteiger partial charge >= 0.3 is 0 Å². The van der Waals surface area contributed by atoms with Gasteiger partial charge in [-0.25, -0.2) is 8.42 Å². The van der Waals surface area contributed by atoms with E-state index in [4.69, 9.17) is 4.74 Å². The quantitative estimate of drug-likeness (QED) is 0.339. The summed E-state index contributed by atoms with van der Waals surface area (Å²) in [5, 5.41) is 2.94. The minimum Gasteiger partial charge on any atom is -0.497 e. The number of hydrogen-bond acceptors (Lipinski definition) is 5. The van der Waals surface area contributed by atoms with E-state index >= 15 is 0 Å². The zero-order valence-electron chi connectivity index (χ0n) is 24.0. The van der Waals surface area contributed by atoms with E-state index in [-0.39, 0.29) is 29.1 Å². The second-order valence-corrected chi connectivity index (χ2v) is 11.9. The molecule has 8 nitrogen and oxygen atoms in total. The predicted molar refractivity (Wildman–Crippen MR) is 158 cm³/mol. The molecule has 0 heterocycles. The van der Waals surface area contributed by atoms with Gasteiger partial charge in [-0.3, -0.25) is 13.9 Å². The van der Waals surface area contributed by atoms with Crippen LogP contribution in [-0.4, -0.2) is 50.9 Å². The summed E-state index contributed by atoms with van der Waals surface area (Å²) in [6.07, 6.45) is 0.739. The van der Waals surface area contributed by atoms with Gasteiger partial charge in [0.05, 0.1) is 17.7 Å². The molecule has 3 aromatic rings. The van der Waals surface area contributed by atoms with Gasteiger partial charge in [-0.05, 0) is 63.9 Å². The highest BCUT2D eigenvalue weighted by Crippen LogP contribution is 2.28. The third-order valence-corrected chi connectivity index (χ3v) is 8.62. The van der Waals surface area contributed by atoms with E-state index < -0.39 is 28.5 Å². The van der Waals surface area contributed by atoms with Gasteiger partial charge in [-0.2, -0.15) is 0 Å². The molecule has 40 heavy (non-hydrogen) atoms. The van der Waals surface area contributed by atoms with Crippen molar-refractivity contribution in [1.29, 1.82) is 0 Å². The highest BCUT2D eigenvalue weighted by Gasteiger charge is 2.33. The normalized spacial score (nSPS) is 12.8. The minimum atomic E-state index is -4.14.